The molecule has 20 heteroatoms. The molecule has 4 aromatic rings. The average Bonchev–Trinajstić information content (AvgIpc) is 3.64. The summed E-state index contributed by atoms with van der Waals surface area (Å²) in [5.41, 5.74) is 3.97. The SMILES string of the molecule is CN(CCN(C)c1ccc(N=Nc2scc[n+]2C)cc1)c1ccc(N=Nc2scc[n+]2C)cc1.COS(=O)(=O)[O-].COS(=O)(=O)[O-]. The molecule has 4 rings (SSSR count). The lowest BCUT2D eigenvalue weighted by atomic mass is 10.2. The molecule has 0 aliphatic rings. The van der Waals surface area contributed by atoms with Crippen LogP contribution in [0.15, 0.2) is 92.1 Å². The molecular formula is C26H34N8O8S4. The number of hydrogen-bond donors (Lipinski definition) is 0. The monoisotopic (exact) mass is 714 g/mol. The van der Waals surface area contributed by atoms with Crippen molar-refractivity contribution < 1.29 is 43.4 Å². The second-order valence-electron chi connectivity index (χ2n) is 9.02. The number of likely N-dealkylation sites (N-methyl/N-ethyl adjacent to an activating group) is 2. The molecule has 0 N–H and O–H groups in total. The predicted molar refractivity (Wildman–Crippen MR) is 172 cm³/mol. The van der Waals surface area contributed by atoms with Crippen molar-refractivity contribution in [1.82, 2.24) is 0 Å². The van der Waals surface area contributed by atoms with Gasteiger partial charge in [-0.1, -0.05) is 0 Å². The molecule has 0 aliphatic carbocycles. The molecule has 2 aromatic carbocycles. The van der Waals surface area contributed by atoms with E-state index in [1.807, 2.05) is 70.6 Å². The number of hydrogen-bond acceptors (Lipinski definition) is 16. The number of thiazole rings is 2. The Bertz CT molecular complexity index is 1640. The molecule has 16 nitrogen and oxygen atoms in total. The number of azo groups is 2. The molecule has 0 unspecified atom stereocenters. The zero-order valence-electron chi connectivity index (χ0n) is 25.8. The summed E-state index contributed by atoms with van der Waals surface area (Å²) < 4.78 is 65.9. The molecular weight excluding hydrogens is 681 g/mol. The second kappa shape index (κ2) is 18.4. The Morgan fingerprint density at radius 3 is 1.20 bits per heavy atom. The third-order valence-electron chi connectivity index (χ3n) is 5.78. The third kappa shape index (κ3) is 14.6. The van der Waals surface area contributed by atoms with Crippen LogP contribution in [0.3, 0.4) is 0 Å². The van der Waals surface area contributed by atoms with Crippen LogP contribution in [0.25, 0.3) is 0 Å². The van der Waals surface area contributed by atoms with Crippen molar-refractivity contribution in [1.29, 1.82) is 0 Å². The summed E-state index contributed by atoms with van der Waals surface area (Å²) in [7, 11) is 0.922. The highest BCUT2D eigenvalue weighted by Gasteiger charge is 2.09. The molecule has 0 atom stereocenters. The quantitative estimate of drug-likeness (QED) is 0.0946. The number of nitrogens with zero attached hydrogens (tertiary/aromatic N) is 8. The molecule has 0 radical (unpaired) electrons. The minimum absolute atomic E-state index is 0.808. The highest BCUT2D eigenvalue weighted by molar-refractivity contribution is 7.81. The Hall–Kier alpha value is -3.76. The van der Waals surface area contributed by atoms with Crippen molar-refractivity contribution in [2.75, 3.05) is 51.2 Å². The van der Waals surface area contributed by atoms with Crippen molar-refractivity contribution in [3.05, 3.63) is 71.7 Å². The maximum Gasteiger partial charge on any atom is 0.408 e. The van der Waals surface area contributed by atoms with Gasteiger partial charge in [-0.3, -0.25) is 8.37 Å². The van der Waals surface area contributed by atoms with Crippen LogP contribution in [0.2, 0.25) is 0 Å². The van der Waals surface area contributed by atoms with Crippen LogP contribution in [0.5, 0.6) is 0 Å². The van der Waals surface area contributed by atoms with Crippen LogP contribution in [0, 0.1) is 0 Å². The van der Waals surface area contributed by atoms with Crippen LogP contribution in [-0.4, -0.2) is 67.3 Å². The van der Waals surface area contributed by atoms with Gasteiger partial charge in [-0.05, 0) is 81.4 Å². The minimum Gasteiger partial charge on any atom is -0.726 e. The largest absolute Gasteiger partial charge is 0.726 e. The molecule has 46 heavy (non-hydrogen) atoms. The lowest BCUT2D eigenvalue weighted by Crippen LogP contribution is -2.30. The maximum absolute atomic E-state index is 9.22. The van der Waals surface area contributed by atoms with Gasteiger partial charge in [0.1, 0.15) is 23.8 Å². The molecule has 0 spiro atoms. The fourth-order valence-corrected chi connectivity index (χ4v) is 4.51. The molecule has 0 aliphatic heterocycles. The summed E-state index contributed by atoms with van der Waals surface area (Å²) in [6, 6.07) is 16.3. The van der Waals surface area contributed by atoms with Crippen LogP contribution < -0.4 is 18.9 Å². The highest BCUT2D eigenvalue weighted by atomic mass is 32.3. The molecule has 2 aromatic heterocycles. The van der Waals surface area contributed by atoms with Crippen molar-refractivity contribution in [3.8, 4) is 0 Å². The maximum atomic E-state index is 9.22. The molecule has 0 bridgehead atoms. The van der Waals surface area contributed by atoms with Gasteiger partial charge in [-0.2, -0.15) is 0 Å². The average molecular weight is 715 g/mol. The first-order valence-corrected chi connectivity index (χ1v) is 17.4. The van der Waals surface area contributed by atoms with Crippen molar-refractivity contribution in [2.24, 2.45) is 34.6 Å². The van der Waals surface area contributed by atoms with E-state index in [9.17, 15) is 25.9 Å². The van der Waals surface area contributed by atoms with E-state index in [0.717, 1.165) is 60.3 Å². The van der Waals surface area contributed by atoms with E-state index in [-0.39, 0.29) is 0 Å². The first kappa shape index (κ1) is 38.4. The molecule has 2 heterocycles. The van der Waals surface area contributed by atoms with E-state index < -0.39 is 20.8 Å². The standard InChI is InChI=1S/C24H28N8S2.2CH4O4S/c1-29(21-9-5-19(6-10-21)25-27-23-31(3)15-17-33-23)13-14-30(2)22-11-7-20(8-12-22)26-28-24-32(4)16-18-34-24;2*1-5-6(2,3)4/h5-12,15-18H,13-14H2,1-4H3;2*1H3,(H,2,3,4)/q+2;;/p-2. The van der Waals surface area contributed by atoms with Gasteiger partial charge in [-0.25, -0.2) is 26.0 Å². The summed E-state index contributed by atoms with van der Waals surface area (Å²) in [6.07, 6.45) is 3.94. The number of anilines is 2. The van der Waals surface area contributed by atoms with Gasteiger partial charge in [0.05, 0.1) is 38.5 Å². The van der Waals surface area contributed by atoms with Gasteiger partial charge >= 0.3 is 10.3 Å². The highest BCUT2D eigenvalue weighted by Crippen LogP contribution is 2.24. The van der Waals surface area contributed by atoms with Crippen LogP contribution in [-0.2, 0) is 43.3 Å². The molecule has 0 fully saturated rings. The van der Waals surface area contributed by atoms with Gasteiger partial charge in [-0.15, -0.1) is 0 Å². The fraction of sp³-hybridized carbons (Fsp3) is 0.308. The molecule has 0 saturated carbocycles. The fourth-order valence-electron chi connectivity index (χ4n) is 3.15. The van der Waals surface area contributed by atoms with Crippen LogP contribution in [0.1, 0.15) is 0 Å². The first-order valence-electron chi connectivity index (χ1n) is 13.0. The lowest BCUT2D eigenvalue weighted by molar-refractivity contribution is -0.654. The third-order valence-corrected chi connectivity index (χ3v) is 8.27. The second-order valence-corrected chi connectivity index (χ2v) is 13.1. The van der Waals surface area contributed by atoms with Crippen molar-refractivity contribution in [2.45, 2.75) is 0 Å². The normalized spacial score (nSPS) is 11.6. The summed E-state index contributed by atoms with van der Waals surface area (Å²) in [4.78, 5) is 4.47. The lowest BCUT2D eigenvalue weighted by Gasteiger charge is -2.25. The van der Waals surface area contributed by atoms with E-state index in [1.54, 1.807) is 22.7 Å². The summed E-state index contributed by atoms with van der Waals surface area (Å²) >= 11 is 3.13. The summed E-state index contributed by atoms with van der Waals surface area (Å²) in [5, 5.41) is 23.0. The zero-order valence-corrected chi connectivity index (χ0v) is 29.1. The van der Waals surface area contributed by atoms with Crippen molar-refractivity contribution in [3.63, 3.8) is 0 Å². The van der Waals surface area contributed by atoms with Crippen LogP contribution in [0.4, 0.5) is 33.0 Å². The van der Waals surface area contributed by atoms with E-state index in [0.29, 0.717) is 0 Å². The van der Waals surface area contributed by atoms with E-state index in [2.05, 4.69) is 77.0 Å². The Balaban J connectivity index is 0.000000522. The van der Waals surface area contributed by atoms with Gasteiger partial charge in [0.25, 0.3) is 0 Å². The minimum atomic E-state index is -4.41. The summed E-state index contributed by atoms with van der Waals surface area (Å²) in [6.45, 7) is 1.78. The smallest absolute Gasteiger partial charge is 0.408 e. The Morgan fingerprint density at radius 2 is 0.957 bits per heavy atom. The molecule has 250 valence electrons. The molecule has 0 saturated heterocycles. The van der Waals surface area contributed by atoms with Gasteiger partial charge in [0, 0.05) is 49.3 Å². The zero-order chi connectivity index (χ0) is 34.3. The topological polar surface area (TPSA) is 197 Å². The van der Waals surface area contributed by atoms with E-state index in [1.165, 1.54) is 0 Å². The Labute approximate surface area is 276 Å². The predicted octanol–water partition coefficient (Wildman–Crippen LogP) is 4.05. The van der Waals surface area contributed by atoms with E-state index >= 15 is 0 Å². The van der Waals surface area contributed by atoms with Crippen molar-refractivity contribution >= 4 is 76.5 Å². The Morgan fingerprint density at radius 1 is 0.652 bits per heavy atom. The summed E-state index contributed by atoms with van der Waals surface area (Å²) in [5.74, 6) is 0. The molecule has 0 amide bonds. The number of aromatic nitrogens is 2. The first-order chi connectivity index (χ1) is 21.6. The Kier molecular flexibility index (Phi) is 15.4. The number of aryl methyl sites for hydroxylation is 2. The number of benzene rings is 2. The van der Waals surface area contributed by atoms with E-state index in [4.69, 9.17) is 0 Å². The van der Waals surface area contributed by atoms with Gasteiger partial charge in [0.2, 0.25) is 20.8 Å². The van der Waals surface area contributed by atoms with Gasteiger partial charge < -0.3 is 18.9 Å². The van der Waals surface area contributed by atoms with Gasteiger partial charge in [0.15, 0.2) is 0 Å². The van der Waals surface area contributed by atoms with Crippen LogP contribution >= 0.6 is 22.7 Å². The number of rotatable bonds is 11.